The molecule has 2 N–H and O–H groups in total. The Bertz CT molecular complexity index is 1110. The third-order valence-electron chi connectivity index (χ3n) is 4.42. The standard InChI is InChI=1S/C23H24N4O5S/c1-14(28)24-16-6-5-7-17(12-16)25-21(29)13-33-22-9-8-18(26-27-22)15-10-19(30-2)23(32-4)20(11-15)31-3/h5-12H,13H2,1-4H3,(H,24,28)(H,25,29). The molecular formula is C23H24N4O5S. The van der Waals surface area contributed by atoms with Crippen LogP contribution in [0.2, 0.25) is 0 Å². The van der Waals surface area contributed by atoms with Gasteiger partial charge in [0, 0.05) is 23.9 Å². The van der Waals surface area contributed by atoms with Crippen LogP contribution in [0.5, 0.6) is 17.2 Å². The van der Waals surface area contributed by atoms with Crippen LogP contribution in [0.3, 0.4) is 0 Å². The molecule has 10 heteroatoms. The Labute approximate surface area is 195 Å². The molecule has 0 saturated carbocycles. The van der Waals surface area contributed by atoms with E-state index >= 15 is 0 Å². The SMILES string of the molecule is COc1cc(-c2ccc(SCC(=O)Nc3cccc(NC(C)=O)c3)nn2)cc(OC)c1OC. The van der Waals surface area contributed by atoms with Crippen LogP contribution >= 0.6 is 11.8 Å². The number of ether oxygens (including phenoxy) is 3. The van der Waals surface area contributed by atoms with Crippen molar-refractivity contribution in [2.45, 2.75) is 11.9 Å². The van der Waals surface area contributed by atoms with Crippen LogP contribution in [0, 0.1) is 0 Å². The summed E-state index contributed by atoms with van der Waals surface area (Å²) >= 11 is 1.26. The van der Waals surface area contributed by atoms with Gasteiger partial charge in [-0.15, -0.1) is 10.2 Å². The topological polar surface area (TPSA) is 112 Å². The zero-order valence-corrected chi connectivity index (χ0v) is 19.5. The van der Waals surface area contributed by atoms with Crippen LogP contribution < -0.4 is 24.8 Å². The smallest absolute Gasteiger partial charge is 0.234 e. The molecule has 0 spiro atoms. The first-order valence-electron chi connectivity index (χ1n) is 9.88. The third kappa shape index (κ3) is 6.36. The highest BCUT2D eigenvalue weighted by Gasteiger charge is 2.15. The minimum Gasteiger partial charge on any atom is -0.493 e. The maximum atomic E-state index is 12.3. The van der Waals surface area contributed by atoms with Crippen molar-refractivity contribution >= 4 is 35.0 Å². The molecule has 0 bridgehead atoms. The van der Waals surface area contributed by atoms with Crippen molar-refractivity contribution in [3.05, 3.63) is 48.5 Å². The van der Waals surface area contributed by atoms with Crippen LogP contribution in [0.25, 0.3) is 11.3 Å². The fourth-order valence-electron chi connectivity index (χ4n) is 2.99. The van der Waals surface area contributed by atoms with Crippen LogP contribution in [-0.4, -0.2) is 49.1 Å². The zero-order valence-electron chi connectivity index (χ0n) is 18.7. The van der Waals surface area contributed by atoms with Gasteiger partial charge < -0.3 is 24.8 Å². The molecule has 0 fully saturated rings. The number of thioether (sulfide) groups is 1. The Kier molecular flexibility index (Phi) is 8.09. The molecule has 33 heavy (non-hydrogen) atoms. The van der Waals surface area contributed by atoms with Gasteiger partial charge in [-0.2, -0.15) is 0 Å². The van der Waals surface area contributed by atoms with E-state index in [0.29, 0.717) is 39.3 Å². The number of aromatic nitrogens is 2. The van der Waals surface area contributed by atoms with Gasteiger partial charge in [0.1, 0.15) is 5.03 Å². The van der Waals surface area contributed by atoms with Gasteiger partial charge in [0.25, 0.3) is 0 Å². The molecule has 1 aromatic heterocycles. The lowest BCUT2D eigenvalue weighted by Crippen LogP contribution is -2.14. The number of hydrogen-bond donors (Lipinski definition) is 2. The maximum absolute atomic E-state index is 12.3. The van der Waals surface area contributed by atoms with E-state index in [9.17, 15) is 9.59 Å². The van der Waals surface area contributed by atoms with Gasteiger partial charge in [0.05, 0.1) is 32.8 Å². The first-order valence-corrected chi connectivity index (χ1v) is 10.9. The number of rotatable bonds is 9. The molecule has 0 radical (unpaired) electrons. The molecule has 0 atom stereocenters. The molecule has 3 rings (SSSR count). The predicted octanol–water partition coefficient (Wildman–Crippen LogP) is 3.86. The van der Waals surface area contributed by atoms with Crippen molar-refractivity contribution < 1.29 is 23.8 Å². The molecule has 2 aromatic carbocycles. The average Bonchev–Trinajstić information content (AvgIpc) is 2.81. The second-order valence-corrected chi connectivity index (χ2v) is 7.77. The van der Waals surface area contributed by atoms with Crippen molar-refractivity contribution in [1.29, 1.82) is 0 Å². The van der Waals surface area contributed by atoms with Gasteiger partial charge in [-0.25, -0.2) is 0 Å². The molecule has 0 unspecified atom stereocenters. The Hall–Kier alpha value is -3.79. The van der Waals surface area contributed by atoms with E-state index in [1.54, 1.807) is 63.8 Å². The Morgan fingerprint density at radius 2 is 1.55 bits per heavy atom. The molecule has 1 heterocycles. The van der Waals surface area contributed by atoms with E-state index in [4.69, 9.17) is 14.2 Å². The van der Waals surface area contributed by atoms with Crippen LogP contribution in [-0.2, 0) is 9.59 Å². The summed E-state index contributed by atoms with van der Waals surface area (Å²) in [5.74, 6) is 1.32. The molecule has 0 aliphatic rings. The summed E-state index contributed by atoms with van der Waals surface area (Å²) in [6.45, 7) is 1.43. The quantitative estimate of drug-likeness (QED) is 0.456. The summed E-state index contributed by atoms with van der Waals surface area (Å²) in [4.78, 5) is 23.5. The summed E-state index contributed by atoms with van der Waals surface area (Å²) in [7, 11) is 4.64. The van der Waals surface area contributed by atoms with Crippen LogP contribution in [0.1, 0.15) is 6.92 Å². The number of nitrogens with zero attached hydrogens (tertiary/aromatic N) is 2. The number of anilines is 2. The third-order valence-corrected chi connectivity index (χ3v) is 5.34. The Balaban J connectivity index is 1.63. The van der Waals surface area contributed by atoms with Gasteiger partial charge in [-0.1, -0.05) is 17.8 Å². The molecule has 0 aliphatic carbocycles. The lowest BCUT2D eigenvalue weighted by molar-refractivity contribution is -0.114. The van der Waals surface area contributed by atoms with Gasteiger partial charge >= 0.3 is 0 Å². The highest BCUT2D eigenvalue weighted by molar-refractivity contribution is 7.99. The molecule has 0 saturated heterocycles. The largest absolute Gasteiger partial charge is 0.493 e. The molecule has 9 nitrogen and oxygen atoms in total. The van der Waals surface area contributed by atoms with E-state index in [1.165, 1.54) is 18.7 Å². The Morgan fingerprint density at radius 3 is 2.09 bits per heavy atom. The molecule has 0 aliphatic heterocycles. The minimum atomic E-state index is -0.199. The van der Waals surface area contributed by atoms with Gasteiger partial charge in [0.15, 0.2) is 11.5 Å². The maximum Gasteiger partial charge on any atom is 0.234 e. The van der Waals surface area contributed by atoms with Crippen molar-refractivity contribution in [3.8, 4) is 28.5 Å². The summed E-state index contributed by atoms with van der Waals surface area (Å²) in [5.41, 5.74) is 2.58. The number of carbonyl (C=O) groups excluding carboxylic acids is 2. The zero-order chi connectivity index (χ0) is 23.8. The summed E-state index contributed by atoms with van der Waals surface area (Å²) in [6, 6.07) is 14.1. The second kappa shape index (κ2) is 11.2. The number of methoxy groups -OCH3 is 3. The fourth-order valence-corrected chi connectivity index (χ4v) is 3.61. The number of hydrogen-bond acceptors (Lipinski definition) is 8. The molecule has 172 valence electrons. The average molecular weight is 469 g/mol. The summed E-state index contributed by atoms with van der Waals surface area (Å²) in [6.07, 6.45) is 0. The van der Waals surface area contributed by atoms with E-state index in [1.807, 2.05) is 6.07 Å². The highest BCUT2D eigenvalue weighted by atomic mass is 32.2. The van der Waals surface area contributed by atoms with E-state index < -0.39 is 0 Å². The van der Waals surface area contributed by atoms with Crippen LogP contribution in [0.4, 0.5) is 11.4 Å². The molecular weight excluding hydrogens is 444 g/mol. The van der Waals surface area contributed by atoms with Crippen LogP contribution in [0.15, 0.2) is 53.6 Å². The lowest BCUT2D eigenvalue weighted by Gasteiger charge is -2.13. The monoisotopic (exact) mass is 468 g/mol. The number of benzene rings is 2. The number of amides is 2. The normalized spacial score (nSPS) is 10.3. The van der Waals surface area contributed by atoms with Crippen molar-refractivity contribution in [1.82, 2.24) is 10.2 Å². The van der Waals surface area contributed by atoms with Gasteiger partial charge in [0.2, 0.25) is 17.6 Å². The van der Waals surface area contributed by atoms with Gasteiger partial charge in [-0.3, -0.25) is 9.59 Å². The van der Waals surface area contributed by atoms with Crippen molar-refractivity contribution in [2.24, 2.45) is 0 Å². The van der Waals surface area contributed by atoms with E-state index in [-0.39, 0.29) is 17.6 Å². The summed E-state index contributed by atoms with van der Waals surface area (Å²) < 4.78 is 16.1. The molecule has 2 amide bonds. The summed E-state index contributed by atoms with van der Waals surface area (Å²) in [5, 5.41) is 14.6. The number of carbonyl (C=O) groups is 2. The lowest BCUT2D eigenvalue weighted by atomic mass is 10.1. The van der Waals surface area contributed by atoms with Crippen molar-refractivity contribution in [2.75, 3.05) is 37.7 Å². The van der Waals surface area contributed by atoms with E-state index in [0.717, 1.165) is 5.56 Å². The minimum absolute atomic E-state index is 0.155. The second-order valence-electron chi connectivity index (χ2n) is 6.77. The first-order chi connectivity index (χ1) is 15.9. The number of nitrogens with one attached hydrogen (secondary N) is 2. The van der Waals surface area contributed by atoms with Gasteiger partial charge in [-0.05, 0) is 42.5 Å². The molecule has 3 aromatic rings. The van der Waals surface area contributed by atoms with Crippen molar-refractivity contribution in [3.63, 3.8) is 0 Å². The Morgan fingerprint density at radius 1 is 0.879 bits per heavy atom. The van der Waals surface area contributed by atoms with E-state index in [2.05, 4.69) is 20.8 Å². The first kappa shape index (κ1) is 23.9. The highest BCUT2D eigenvalue weighted by Crippen LogP contribution is 2.40. The fraction of sp³-hybridized carbons (Fsp3) is 0.217. The predicted molar refractivity (Wildman–Crippen MR) is 127 cm³/mol.